The fourth-order valence-corrected chi connectivity index (χ4v) is 1.85. The van der Waals surface area contributed by atoms with Crippen molar-refractivity contribution < 1.29 is 9.50 Å². The van der Waals surface area contributed by atoms with E-state index in [1.54, 1.807) is 12.1 Å². The summed E-state index contributed by atoms with van der Waals surface area (Å²) in [6, 6.07) is 6.03. The van der Waals surface area contributed by atoms with Gasteiger partial charge in [-0.1, -0.05) is 12.1 Å². The van der Waals surface area contributed by atoms with Gasteiger partial charge in [0.05, 0.1) is 18.8 Å². The maximum absolute atomic E-state index is 13.0. The Morgan fingerprint density at radius 3 is 3.00 bits per heavy atom. The minimum atomic E-state index is -0.699. The number of benzene rings is 1. The highest BCUT2D eigenvalue weighted by Gasteiger charge is 2.07. The van der Waals surface area contributed by atoms with Gasteiger partial charge in [-0.05, 0) is 30.2 Å². The van der Waals surface area contributed by atoms with Crippen LogP contribution in [0.1, 0.15) is 17.2 Å². The summed E-state index contributed by atoms with van der Waals surface area (Å²) in [5.41, 5.74) is 1.71. The van der Waals surface area contributed by atoms with Crippen molar-refractivity contribution in [1.29, 1.82) is 0 Å². The second kappa shape index (κ2) is 6.45. The summed E-state index contributed by atoms with van der Waals surface area (Å²) >= 11 is 0. The zero-order chi connectivity index (χ0) is 13.7. The number of hydrogen-bond acceptors (Lipinski definition) is 3. The van der Waals surface area contributed by atoms with Crippen LogP contribution in [0.2, 0.25) is 0 Å². The van der Waals surface area contributed by atoms with Gasteiger partial charge in [0.1, 0.15) is 5.82 Å². The maximum Gasteiger partial charge on any atom is 0.123 e. The van der Waals surface area contributed by atoms with Crippen LogP contribution in [0.4, 0.5) is 4.39 Å². The number of nitrogens with one attached hydrogen (secondary N) is 1. The topological polar surface area (TPSA) is 50.1 Å². The Hall–Kier alpha value is -1.72. The third-order valence-corrected chi connectivity index (χ3v) is 2.85. The molecule has 5 heteroatoms. The molecule has 102 valence electrons. The highest BCUT2D eigenvalue weighted by molar-refractivity contribution is 5.18. The second-order valence-electron chi connectivity index (χ2n) is 4.56. The first kappa shape index (κ1) is 13.7. The molecule has 0 aliphatic rings. The lowest BCUT2D eigenvalue weighted by Crippen LogP contribution is -2.25. The summed E-state index contributed by atoms with van der Waals surface area (Å²) in [4.78, 5) is 0. The molecule has 2 aromatic rings. The fourth-order valence-electron chi connectivity index (χ4n) is 1.85. The third-order valence-electron chi connectivity index (χ3n) is 2.85. The Morgan fingerprint density at radius 2 is 2.32 bits per heavy atom. The lowest BCUT2D eigenvalue weighted by Gasteiger charge is -2.12. The first-order valence-electron chi connectivity index (χ1n) is 6.28. The molecular weight excluding hydrogens is 245 g/mol. The molecule has 1 aromatic carbocycles. The third kappa shape index (κ3) is 4.15. The molecule has 0 bridgehead atoms. The summed E-state index contributed by atoms with van der Waals surface area (Å²) in [6.45, 7) is 3.82. The van der Waals surface area contributed by atoms with Crippen molar-refractivity contribution in [3.63, 3.8) is 0 Å². The molecule has 1 atom stereocenters. The number of aryl methyl sites for hydroxylation is 1. The van der Waals surface area contributed by atoms with E-state index in [1.807, 2.05) is 24.0 Å². The van der Waals surface area contributed by atoms with E-state index in [9.17, 15) is 9.50 Å². The molecule has 4 nitrogen and oxygen atoms in total. The molecule has 0 saturated heterocycles. The van der Waals surface area contributed by atoms with Gasteiger partial charge in [0.2, 0.25) is 0 Å². The van der Waals surface area contributed by atoms with Gasteiger partial charge < -0.3 is 10.4 Å². The zero-order valence-corrected chi connectivity index (χ0v) is 10.9. The molecule has 1 aromatic heterocycles. The summed E-state index contributed by atoms with van der Waals surface area (Å²) in [5.74, 6) is -0.330. The molecule has 0 spiro atoms. The van der Waals surface area contributed by atoms with E-state index in [4.69, 9.17) is 0 Å². The monoisotopic (exact) mass is 263 g/mol. The molecule has 0 radical (unpaired) electrons. The van der Waals surface area contributed by atoms with Crippen molar-refractivity contribution in [3.8, 4) is 0 Å². The second-order valence-corrected chi connectivity index (χ2v) is 4.56. The maximum atomic E-state index is 13.0. The predicted molar refractivity (Wildman–Crippen MR) is 71.2 cm³/mol. The van der Waals surface area contributed by atoms with Gasteiger partial charge in [-0.15, -0.1) is 0 Å². The van der Waals surface area contributed by atoms with Gasteiger partial charge in [0.15, 0.2) is 0 Å². The van der Waals surface area contributed by atoms with E-state index in [1.165, 1.54) is 12.1 Å². The van der Waals surface area contributed by atoms with Crippen LogP contribution in [0.15, 0.2) is 36.7 Å². The lowest BCUT2D eigenvalue weighted by atomic mass is 10.1. The Morgan fingerprint density at radius 1 is 1.47 bits per heavy atom. The first-order chi connectivity index (χ1) is 9.15. The minimum Gasteiger partial charge on any atom is -0.387 e. The highest BCUT2D eigenvalue weighted by atomic mass is 19.1. The van der Waals surface area contributed by atoms with Crippen molar-refractivity contribution in [2.24, 2.45) is 0 Å². The number of aliphatic hydroxyl groups excluding tert-OH is 1. The van der Waals surface area contributed by atoms with Crippen molar-refractivity contribution in [2.45, 2.75) is 19.6 Å². The normalized spacial score (nSPS) is 12.6. The molecule has 0 saturated carbocycles. The largest absolute Gasteiger partial charge is 0.387 e. The lowest BCUT2D eigenvalue weighted by molar-refractivity contribution is 0.174. The van der Waals surface area contributed by atoms with Crippen LogP contribution in [-0.2, 0) is 6.54 Å². The van der Waals surface area contributed by atoms with Crippen LogP contribution >= 0.6 is 0 Å². The van der Waals surface area contributed by atoms with E-state index in [-0.39, 0.29) is 5.82 Å². The molecule has 1 heterocycles. The summed E-state index contributed by atoms with van der Waals surface area (Å²) in [6.07, 6.45) is 3.07. The van der Waals surface area contributed by atoms with Crippen LogP contribution < -0.4 is 5.32 Å². The van der Waals surface area contributed by atoms with Crippen LogP contribution in [0.25, 0.3) is 0 Å². The minimum absolute atomic E-state index is 0.330. The predicted octanol–water partition coefficient (Wildman–Crippen LogP) is 1.65. The van der Waals surface area contributed by atoms with E-state index in [2.05, 4.69) is 10.4 Å². The number of hydrogen-bond donors (Lipinski definition) is 2. The van der Waals surface area contributed by atoms with Crippen molar-refractivity contribution in [2.75, 3.05) is 13.1 Å². The molecule has 2 N–H and O–H groups in total. The highest BCUT2D eigenvalue weighted by Crippen LogP contribution is 2.12. The smallest absolute Gasteiger partial charge is 0.123 e. The van der Waals surface area contributed by atoms with E-state index >= 15 is 0 Å². The van der Waals surface area contributed by atoms with Crippen LogP contribution in [0.5, 0.6) is 0 Å². The molecular formula is C14H18FN3O. The molecule has 0 fully saturated rings. The van der Waals surface area contributed by atoms with Crippen LogP contribution in [0, 0.1) is 12.7 Å². The molecule has 0 unspecified atom stereocenters. The van der Waals surface area contributed by atoms with E-state index in [0.717, 1.165) is 12.1 Å². The van der Waals surface area contributed by atoms with Gasteiger partial charge >= 0.3 is 0 Å². The number of halogens is 1. The number of nitrogens with zero attached hydrogens (tertiary/aromatic N) is 2. The SMILES string of the molecule is Cc1cnn(CCNC[C@H](O)c2cccc(F)c2)c1. The molecule has 19 heavy (non-hydrogen) atoms. The van der Waals surface area contributed by atoms with Gasteiger partial charge in [-0.2, -0.15) is 5.10 Å². The average Bonchev–Trinajstić information content (AvgIpc) is 2.80. The standard InChI is InChI=1S/C14H18FN3O/c1-11-8-17-18(10-11)6-5-16-9-14(19)12-3-2-4-13(15)7-12/h2-4,7-8,10,14,16,19H,5-6,9H2,1H3/t14-/m0/s1. The van der Waals surface area contributed by atoms with Gasteiger partial charge in [-0.3, -0.25) is 4.68 Å². The van der Waals surface area contributed by atoms with Crippen molar-refractivity contribution in [3.05, 3.63) is 53.6 Å². The molecule has 0 aliphatic carbocycles. The summed E-state index contributed by atoms with van der Waals surface area (Å²) < 4.78 is 14.8. The summed E-state index contributed by atoms with van der Waals surface area (Å²) in [5, 5.41) is 17.2. The van der Waals surface area contributed by atoms with Gasteiger partial charge in [0, 0.05) is 19.3 Å². The number of rotatable bonds is 6. The van der Waals surface area contributed by atoms with E-state index < -0.39 is 6.10 Å². The number of aromatic nitrogens is 2. The molecule has 0 amide bonds. The van der Waals surface area contributed by atoms with Gasteiger partial charge in [-0.25, -0.2) is 4.39 Å². The van der Waals surface area contributed by atoms with Gasteiger partial charge in [0.25, 0.3) is 0 Å². The Kier molecular flexibility index (Phi) is 4.65. The van der Waals surface area contributed by atoms with Crippen molar-refractivity contribution in [1.82, 2.24) is 15.1 Å². The molecule has 2 rings (SSSR count). The average molecular weight is 263 g/mol. The Labute approximate surface area is 111 Å². The Bertz CT molecular complexity index is 527. The van der Waals surface area contributed by atoms with Crippen LogP contribution in [0.3, 0.4) is 0 Å². The van der Waals surface area contributed by atoms with Crippen molar-refractivity contribution >= 4 is 0 Å². The first-order valence-corrected chi connectivity index (χ1v) is 6.28. The molecule has 0 aliphatic heterocycles. The quantitative estimate of drug-likeness (QED) is 0.779. The zero-order valence-electron chi connectivity index (χ0n) is 10.9. The van der Waals surface area contributed by atoms with Crippen LogP contribution in [-0.4, -0.2) is 28.0 Å². The van der Waals surface area contributed by atoms with E-state index in [0.29, 0.717) is 18.7 Å². The summed E-state index contributed by atoms with van der Waals surface area (Å²) in [7, 11) is 0. The number of aliphatic hydroxyl groups is 1. The fraction of sp³-hybridized carbons (Fsp3) is 0.357. The Balaban J connectivity index is 1.73.